The van der Waals surface area contributed by atoms with E-state index in [1.165, 1.54) is 30.4 Å². The van der Waals surface area contributed by atoms with Gasteiger partial charge in [0.05, 0.1) is 0 Å². The van der Waals surface area contributed by atoms with Crippen molar-refractivity contribution < 1.29 is 0 Å². The van der Waals surface area contributed by atoms with E-state index < -0.39 is 0 Å². The first-order valence-corrected chi connectivity index (χ1v) is 4.37. The van der Waals surface area contributed by atoms with Gasteiger partial charge >= 0.3 is 0 Å². The van der Waals surface area contributed by atoms with E-state index >= 15 is 0 Å². The Kier molecular flexibility index (Phi) is 1.38. The van der Waals surface area contributed by atoms with E-state index in [2.05, 4.69) is 9.89 Å². The quantitative estimate of drug-likeness (QED) is 0.497. The van der Waals surface area contributed by atoms with Crippen LogP contribution < -0.4 is 0 Å². The third-order valence-corrected chi connectivity index (χ3v) is 2.73. The number of hydrogen-bond acceptors (Lipinski definition) is 3. The number of amidine groups is 1. The molecule has 0 saturated carbocycles. The van der Waals surface area contributed by atoms with Crippen molar-refractivity contribution in [1.29, 1.82) is 0 Å². The van der Waals surface area contributed by atoms with E-state index in [4.69, 9.17) is 0 Å². The SMILES string of the molecule is C1CN=C2SCCN2C1. The Labute approximate surface area is 59.3 Å². The summed E-state index contributed by atoms with van der Waals surface area (Å²) < 4.78 is 0. The van der Waals surface area contributed by atoms with Crippen LogP contribution in [-0.4, -0.2) is 35.5 Å². The van der Waals surface area contributed by atoms with Gasteiger partial charge in [-0.05, 0) is 6.42 Å². The summed E-state index contributed by atoms with van der Waals surface area (Å²) in [7, 11) is 0. The van der Waals surface area contributed by atoms with Crippen molar-refractivity contribution in [2.24, 2.45) is 4.99 Å². The predicted molar refractivity (Wildman–Crippen MR) is 41.0 cm³/mol. The molecule has 0 amide bonds. The first-order valence-electron chi connectivity index (χ1n) is 3.39. The molecule has 3 heteroatoms. The summed E-state index contributed by atoms with van der Waals surface area (Å²) in [6.45, 7) is 3.52. The van der Waals surface area contributed by atoms with Crippen LogP contribution in [0.4, 0.5) is 0 Å². The molecule has 1 fully saturated rings. The monoisotopic (exact) mass is 142 g/mol. The fourth-order valence-electron chi connectivity index (χ4n) is 1.22. The molecule has 50 valence electrons. The zero-order valence-electron chi connectivity index (χ0n) is 5.34. The minimum Gasteiger partial charge on any atom is -0.351 e. The molecule has 0 atom stereocenters. The molecule has 2 aliphatic rings. The standard InChI is InChI=1S/C6H10N2S/c1-2-7-6-8(3-1)4-5-9-6/h1-5H2. The van der Waals surface area contributed by atoms with Gasteiger partial charge in [-0.25, -0.2) is 0 Å². The average molecular weight is 142 g/mol. The number of hydrogen-bond donors (Lipinski definition) is 0. The second-order valence-electron chi connectivity index (χ2n) is 2.35. The minimum absolute atomic E-state index is 1.05. The van der Waals surface area contributed by atoms with Gasteiger partial charge in [0.1, 0.15) is 0 Å². The molecule has 0 spiro atoms. The van der Waals surface area contributed by atoms with Crippen molar-refractivity contribution in [3.8, 4) is 0 Å². The summed E-state index contributed by atoms with van der Waals surface area (Å²) in [5, 5.41) is 1.29. The van der Waals surface area contributed by atoms with E-state index in [9.17, 15) is 0 Å². The maximum Gasteiger partial charge on any atom is 0.159 e. The van der Waals surface area contributed by atoms with E-state index in [-0.39, 0.29) is 0 Å². The normalized spacial score (nSPS) is 25.8. The van der Waals surface area contributed by atoms with Crippen molar-refractivity contribution in [2.75, 3.05) is 25.4 Å². The van der Waals surface area contributed by atoms with Crippen LogP contribution in [0.3, 0.4) is 0 Å². The van der Waals surface area contributed by atoms with E-state index in [0.29, 0.717) is 0 Å². The summed E-state index contributed by atoms with van der Waals surface area (Å²) in [4.78, 5) is 6.78. The highest BCUT2D eigenvalue weighted by Gasteiger charge is 2.20. The van der Waals surface area contributed by atoms with Gasteiger partial charge in [-0.2, -0.15) is 0 Å². The van der Waals surface area contributed by atoms with Crippen LogP contribution in [0.15, 0.2) is 4.99 Å². The van der Waals surface area contributed by atoms with E-state index in [0.717, 1.165) is 6.54 Å². The topological polar surface area (TPSA) is 15.6 Å². The molecule has 1 saturated heterocycles. The molecule has 0 N–H and O–H groups in total. The smallest absolute Gasteiger partial charge is 0.159 e. The Morgan fingerprint density at radius 1 is 1.44 bits per heavy atom. The molecule has 0 radical (unpaired) electrons. The molecule has 9 heavy (non-hydrogen) atoms. The second kappa shape index (κ2) is 2.21. The van der Waals surface area contributed by atoms with Crippen molar-refractivity contribution in [3.63, 3.8) is 0 Å². The van der Waals surface area contributed by atoms with Crippen LogP contribution in [0.2, 0.25) is 0 Å². The summed E-state index contributed by atoms with van der Waals surface area (Å²) in [5.41, 5.74) is 0. The predicted octanol–water partition coefficient (Wildman–Crippen LogP) is 0.795. The summed E-state index contributed by atoms with van der Waals surface area (Å²) in [6.07, 6.45) is 1.25. The van der Waals surface area contributed by atoms with Crippen molar-refractivity contribution >= 4 is 16.9 Å². The molecule has 2 rings (SSSR count). The zero-order chi connectivity index (χ0) is 6.10. The Hall–Kier alpha value is -0.180. The van der Waals surface area contributed by atoms with Crippen LogP contribution in [0, 0.1) is 0 Å². The van der Waals surface area contributed by atoms with E-state index in [1.807, 2.05) is 11.8 Å². The number of thioether (sulfide) groups is 1. The number of nitrogens with zero attached hydrogens (tertiary/aromatic N) is 2. The van der Waals surface area contributed by atoms with Crippen molar-refractivity contribution in [3.05, 3.63) is 0 Å². The lowest BCUT2D eigenvalue weighted by Crippen LogP contribution is -2.29. The molecule has 0 bridgehead atoms. The van der Waals surface area contributed by atoms with Gasteiger partial charge in [0, 0.05) is 25.4 Å². The van der Waals surface area contributed by atoms with E-state index in [1.54, 1.807) is 0 Å². The lowest BCUT2D eigenvalue weighted by atomic mass is 10.3. The number of rotatable bonds is 0. The molecule has 2 heterocycles. The molecule has 0 aromatic heterocycles. The maximum atomic E-state index is 4.40. The Bertz CT molecular complexity index is 144. The lowest BCUT2D eigenvalue weighted by Gasteiger charge is -2.20. The molecule has 2 aliphatic heterocycles. The maximum absolute atomic E-state index is 4.40. The summed E-state index contributed by atoms with van der Waals surface area (Å²) in [5.74, 6) is 1.25. The molecule has 0 aromatic rings. The van der Waals surface area contributed by atoms with Gasteiger partial charge in [0.2, 0.25) is 0 Å². The highest BCUT2D eigenvalue weighted by molar-refractivity contribution is 8.14. The highest BCUT2D eigenvalue weighted by Crippen LogP contribution is 2.20. The second-order valence-corrected chi connectivity index (χ2v) is 3.42. The highest BCUT2D eigenvalue weighted by atomic mass is 32.2. The van der Waals surface area contributed by atoms with Gasteiger partial charge in [0.15, 0.2) is 5.17 Å². The first-order chi connectivity index (χ1) is 4.47. The number of fused-ring (bicyclic) bond motifs is 1. The van der Waals surface area contributed by atoms with Crippen LogP contribution in [0.5, 0.6) is 0 Å². The van der Waals surface area contributed by atoms with Crippen LogP contribution >= 0.6 is 11.8 Å². The van der Waals surface area contributed by atoms with Crippen LogP contribution in [-0.2, 0) is 0 Å². The average Bonchev–Trinajstić information content (AvgIpc) is 2.33. The zero-order valence-corrected chi connectivity index (χ0v) is 6.15. The molecular formula is C6H10N2S. The van der Waals surface area contributed by atoms with Gasteiger partial charge in [-0.15, -0.1) is 0 Å². The largest absolute Gasteiger partial charge is 0.351 e. The molecule has 2 nitrogen and oxygen atoms in total. The molecular weight excluding hydrogens is 132 g/mol. The fraction of sp³-hybridized carbons (Fsp3) is 0.833. The van der Waals surface area contributed by atoms with Gasteiger partial charge < -0.3 is 4.90 Å². The molecule has 0 aliphatic carbocycles. The van der Waals surface area contributed by atoms with Crippen LogP contribution in [0.1, 0.15) is 6.42 Å². The third kappa shape index (κ3) is 0.936. The van der Waals surface area contributed by atoms with Crippen molar-refractivity contribution in [2.45, 2.75) is 6.42 Å². The Morgan fingerprint density at radius 3 is 3.33 bits per heavy atom. The summed E-state index contributed by atoms with van der Waals surface area (Å²) in [6, 6.07) is 0. The lowest BCUT2D eigenvalue weighted by molar-refractivity contribution is 0.434. The minimum atomic E-state index is 1.05. The van der Waals surface area contributed by atoms with Gasteiger partial charge in [0.25, 0.3) is 0 Å². The third-order valence-electron chi connectivity index (χ3n) is 1.70. The summed E-state index contributed by atoms with van der Waals surface area (Å²) >= 11 is 1.90. The van der Waals surface area contributed by atoms with Gasteiger partial charge in [-0.3, -0.25) is 4.99 Å². The van der Waals surface area contributed by atoms with Crippen LogP contribution in [0.25, 0.3) is 0 Å². The number of aliphatic imine (C=N–C) groups is 1. The van der Waals surface area contributed by atoms with Crippen molar-refractivity contribution in [1.82, 2.24) is 4.90 Å². The Balaban J connectivity index is 2.16. The molecule has 0 aromatic carbocycles. The molecule has 0 unspecified atom stereocenters. The fourth-order valence-corrected chi connectivity index (χ4v) is 2.27. The first kappa shape index (κ1) is 5.59. The Morgan fingerprint density at radius 2 is 2.44 bits per heavy atom. The van der Waals surface area contributed by atoms with Gasteiger partial charge in [-0.1, -0.05) is 11.8 Å².